The first-order valence-corrected chi connectivity index (χ1v) is 7.08. The van der Waals surface area contributed by atoms with Gasteiger partial charge in [0.2, 0.25) is 0 Å². The van der Waals surface area contributed by atoms with Gasteiger partial charge in [0.05, 0.1) is 0 Å². The molecule has 0 bridgehead atoms. The van der Waals surface area contributed by atoms with Gasteiger partial charge in [0.1, 0.15) is 17.4 Å². The maximum atomic E-state index is 12.8. The summed E-state index contributed by atoms with van der Waals surface area (Å²) in [6, 6.07) is 10.3. The Kier molecular flexibility index (Phi) is 5.83. The molecule has 2 aromatic carbocycles. The van der Waals surface area contributed by atoms with Gasteiger partial charge in [-0.25, -0.2) is 13.6 Å². The Morgan fingerprint density at radius 1 is 1.00 bits per heavy atom. The summed E-state index contributed by atoms with van der Waals surface area (Å²) in [5, 5.41) is 2.49. The number of rotatable bonds is 6. The van der Waals surface area contributed by atoms with Crippen molar-refractivity contribution in [3.8, 4) is 5.75 Å². The van der Waals surface area contributed by atoms with Crippen molar-refractivity contribution in [2.45, 2.75) is 13.0 Å². The lowest BCUT2D eigenvalue weighted by molar-refractivity contribution is -0.155. The van der Waals surface area contributed by atoms with Crippen molar-refractivity contribution in [3.63, 3.8) is 0 Å². The van der Waals surface area contributed by atoms with Crippen molar-refractivity contribution < 1.29 is 27.8 Å². The van der Waals surface area contributed by atoms with Crippen LogP contribution < -0.4 is 10.1 Å². The summed E-state index contributed by atoms with van der Waals surface area (Å²) in [6.07, 6.45) is -1.06. The molecule has 1 atom stereocenters. The Bertz CT molecular complexity index is 702. The number of hydrogen-bond acceptors (Lipinski definition) is 4. The average molecular weight is 335 g/mol. The maximum absolute atomic E-state index is 12.8. The van der Waals surface area contributed by atoms with Crippen LogP contribution in [0.2, 0.25) is 0 Å². The first kappa shape index (κ1) is 17.4. The molecule has 0 aliphatic heterocycles. The molecule has 0 aliphatic carbocycles. The Balaban J connectivity index is 1.78. The van der Waals surface area contributed by atoms with Crippen LogP contribution in [0.5, 0.6) is 5.75 Å². The van der Waals surface area contributed by atoms with E-state index in [2.05, 4.69) is 5.32 Å². The standard InChI is InChI=1S/C17H15F2NO4/c1-11(17(22)20-14-6-2-12(18)3-7-14)24-16(21)10-23-15-8-4-13(19)5-9-15/h2-9,11H,10H2,1H3,(H,20,22)/t11-/m0/s1. The van der Waals surface area contributed by atoms with Crippen LogP contribution in [-0.2, 0) is 14.3 Å². The zero-order valence-electron chi connectivity index (χ0n) is 12.8. The molecular weight excluding hydrogens is 320 g/mol. The van der Waals surface area contributed by atoms with E-state index in [0.717, 1.165) is 0 Å². The van der Waals surface area contributed by atoms with E-state index >= 15 is 0 Å². The van der Waals surface area contributed by atoms with Gasteiger partial charge in [0.25, 0.3) is 5.91 Å². The molecule has 1 amide bonds. The van der Waals surface area contributed by atoms with Crippen molar-refractivity contribution >= 4 is 17.6 Å². The van der Waals surface area contributed by atoms with Gasteiger partial charge >= 0.3 is 5.97 Å². The van der Waals surface area contributed by atoms with Gasteiger partial charge in [0.15, 0.2) is 12.7 Å². The fourth-order valence-corrected chi connectivity index (χ4v) is 1.73. The van der Waals surface area contributed by atoms with E-state index in [1.807, 2.05) is 0 Å². The average Bonchev–Trinajstić information content (AvgIpc) is 2.56. The number of carbonyl (C=O) groups excluding carboxylic acids is 2. The van der Waals surface area contributed by atoms with Gasteiger partial charge in [0, 0.05) is 5.69 Å². The minimum atomic E-state index is -1.06. The van der Waals surface area contributed by atoms with E-state index in [4.69, 9.17) is 9.47 Å². The second-order valence-electron chi connectivity index (χ2n) is 4.87. The Morgan fingerprint density at radius 2 is 1.54 bits per heavy atom. The number of anilines is 1. The highest BCUT2D eigenvalue weighted by atomic mass is 19.1. The highest BCUT2D eigenvalue weighted by Crippen LogP contribution is 2.12. The minimum Gasteiger partial charge on any atom is -0.482 e. The lowest BCUT2D eigenvalue weighted by Gasteiger charge is -2.14. The second kappa shape index (κ2) is 8.05. The molecule has 0 saturated heterocycles. The van der Waals surface area contributed by atoms with Gasteiger partial charge in [-0.2, -0.15) is 0 Å². The molecule has 24 heavy (non-hydrogen) atoms. The minimum absolute atomic E-state index is 0.303. The summed E-state index contributed by atoms with van der Waals surface area (Å²) in [5.74, 6) is -1.85. The molecule has 0 unspecified atom stereocenters. The van der Waals surface area contributed by atoms with Gasteiger partial charge in [-0.1, -0.05) is 0 Å². The quantitative estimate of drug-likeness (QED) is 0.825. The number of carbonyl (C=O) groups is 2. The monoisotopic (exact) mass is 335 g/mol. The smallest absolute Gasteiger partial charge is 0.344 e. The van der Waals surface area contributed by atoms with Gasteiger partial charge in [-0.05, 0) is 55.5 Å². The molecule has 0 radical (unpaired) electrons. The van der Waals surface area contributed by atoms with Crippen molar-refractivity contribution in [2.24, 2.45) is 0 Å². The number of esters is 1. The number of amides is 1. The lowest BCUT2D eigenvalue weighted by Crippen LogP contribution is -2.31. The van der Waals surface area contributed by atoms with Crippen molar-refractivity contribution in [3.05, 3.63) is 60.2 Å². The Hall–Kier alpha value is -2.96. The van der Waals surface area contributed by atoms with Crippen LogP contribution in [0.1, 0.15) is 6.92 Å². The van der Waals surface area contributed by atoms with E-state index in [9.17, 15) is 18.4 Å². The molecule has 1 N–H and O–H groups in total. The fourth-order valence-electron chi connectivity index (χ4n) is 1.73. The predicted molar refractivity (Wildman–Crippen MR) is 82.5 cm³/mol. The predicted octanol–water partition coefficient (Wildman–Crippen LogP) is 2.91. The van der Waals surface area contributed by atoms with Gasteiger partial charge < -0.3 is 14.8 Å². The van der Waals surface area contributed by atoms with Gasteiger partial charge in [-0.15, -0.1) is 0 Å². The maximum Gasteiger partial charge on any atom is 0.344 e. The molecule has 5 nitrogen and oxygen atoms in total. The molecular formula is C17H15F2NO4. The fraction of sp³-hybridized carbons (Fsp3) is 0.176. The number of benzene rings is 2. The first-order valence-electron chi connectivity index (χ1n) is 7.08. The zero-order chi connectivity index (χ0) is 17.5. The van der Waals surface area contributed by atoms with Crippen LogP contribution in [-0.4, -0.2) is 24.6 Å². The summed E-state index contributed by atoms with van der Waals surface area (Å²) in [4.78, 5) is 23.5. The Morgan fingerprint density at radius 3 is 2.12 bits per heavy atom. The Labute approximate surface area is 137 Å². The molecule has 0 aromatic heterocycles. The van der Waals surface area contributed by atoms with Crippen molar-refractivity contribution in [2.75, 3.05) is 11.9 Å². The molecule has 0 heterocycles. The highest BCUT2D eigenvalue weighted by Gasteiger charge is 2.18. The number of hydrogen-bond donors (Lipinski definition) is 1. The summed E-state index contributed by atoms with van der Waals surface area (Å²) in [5.41, 5.74) is 0.381. The number of ether oxygens (including phenoxy) is 2. The van der Waals surface area contributed by atoms with Crippen LogP contribution in [0.4, 0.5) is 14.5 Å². The van der Waals surface area contributed by atoms with Crippen LogP contribution in [0.15, 0.2) is 48.5 Å². The SMILES string of the molecule is C[C@H](OC(=O)COc1ccc(F)cc1)C(=O)Nc1ccc(F)cc1. The third-order valence-corrected chi connectivity index (χ3v) is 2.96. The number of halogens is 2. The lowest BCUT2D eigenvalue weighted by atomic mass is 10.3. The molecule has 2 aromatic rings. The molecule has 126 valence electrons. The molecule has 0 spiro atoms. The molecule has 2 rings (SSSR count). The summed E-state index contributed by atoms with van der Waals surface area (Å²) < 4.78 is 35.6. The summed E-state index contributed by atoms with van der Waals surface area (Å²) >= 11 is 0. The van der Waals surface area contributed by atoms with E-state index < -0.39 is 36.2 Å². The number of nitrogens with one attached hydrogen (secondary N) is 1. The molecule has 0 aliphatic rings. The highest BCUT2D eigenvalue weighted by molar-refractivity contribution is 5.95. The van der Waals surface area contributed by atoms with Crippen LogP contribution in [0.25, 0.3) is 0 Å². The second-order valence-corrected chi connectivity index (χ2v) is 4.87. The largest absolute Gasteiger partial charge is 0.482 e. The van der Waals surface area contributed by atoms with Crippen LogP contribution >= 0.6 is 0 Å². The normalized spacial score (nSPS) is 11.5. The topological polar surface area (TPSA) is 64.6 Å². The zero-order valence-corrected chi connectivity index (χ0v) is 12.8. The van der Waals surface area contributed by atoms with E-state index in [-0.39, 0.29) is 0 Å². The molecule has 0 fully saturated rings. The van der Waals surface area contributed by atoms with Gasteiger partial charge in [-0.3, -0.25) is 4.79 Å². The van der Waals surface area contributed by atoms with Crippen molar-refractivity contribution in [1.29, 1.82) is 0 Å². The summed E-state index contributed by atoms with van der Waals surface area (Å²) in [7, 11) is 0. The first-order chi connectivity index (χ1) is 11.4. The van der Waals surface area contributed by atoms with E-state index in [1.54, 1.807) is 0 Å². The van der Waals surface area contributed by atoms with Crippen LogP contribution in [0, 0.1) is 11.6 Å². The third kappa shape index (κ3) is 5.35. The third-order valence-electron chi connectivity index (χ3n) is 2.96. The van der Waals surface area contributed by atoms with Crippen LogP contribution in [0.3, 0.4) is 0 Å². The summed E-state index contributed by atoms with van der Waals surface area (Å²) in [6.45, 7) is 0.981. The molecule has 0 saturated carbocycles. The van der Waals surface area contributed by atoms with E-state index in [1.165, 1.54) is 55.5 Å². The molecule has 7 heteroatoms. The van der Waals surface area contributed by atoms with Crippen molar-refractivity contribution in [1.82, 2.24) is 0 Å². The van der Waals surface area contributed by atoms with E-state index in [0.29, 0.717) is 11.4 Å².